The molecule has 6 rings (SSSR count). The summed E-state index contributed by atoms with van der Waals surface area (Å²) in [5.74, 6) is 0.0919. The first-order valence-corrected chi connectivity index (χ1v) is 14.7. The third kappa shape index (κ3) is 6.19. The van der Waals surface area contributed by atoms with E-state index >= 15 is 0 Å². The maximum absolute atomic E-state index is 13.9. The van der Waals surface area contributed by atoms with Gasteiger partial charge in [-0.25, -0.2) is 4.79 Å². The van der Waals surface area contributed by atoms with Crippen LogP contribution < -0.4 is 4.74 Å². The molecule has 1 unspecified atom stereocenters. The predicted octanol–water partition coefficient (Wildman–Crippen LogP) is 6.07. The molecule has 4 aromatic carbocycles. The summed E-state index contributed by atoms with van der Waals surface area (Å²) in [5, 5.41) is 0. The number of likely N-dealkylation sites (tertiary alicyclic amines) is 1. The average molecular weight is 577 g/mol. The Morgan fingerprint density at radius 2 is 1.40 bits per heavy atom. The molecule has 0 bridgehead atoms. The lowest BCUT2D eigenvalue weighted by Crippen LogP contribution is -2.68. The van der Waals surface area contributed by atoms with Crippen LogP contribution in [0.2, 0.25) is 0 Å². The summed E-state index contributed by atoms with van der Waals surface area (Å²) in [5.41, 5.74) is 3.09. The number of ether oxygens (including phenoxy) is 3. The highest BCUT2D eigenvalue weighted by Crippen LogP contribution is 2.43. The lowest BCUT2D eigenvalue weighted by Gasteiger charge is -2.50. The van der Waals surface area contributed by atoms with Crippen LogP contribution in [0.5, 0.6) is 5.75 Å². The molecule has 0 radical (unpaired) electrons. The van der Waals surface area contributed by atoms with Gasteiger partial charge in [0, 0.05) is 6.54 Å². The summed E-state index contributed by atoms with van der Waals surface area (Å²) in [6.07, 6.45) is 0. The van der Waals surface area contributed by atoms with Crippen molar-refractivity contribution in [1.82, 2.24) is 9.80 Å². The quantitative estimate of drug-likeness (QED) is 0.169. The summed E-state index contributed by atoms with van der Waals surface area (Å²) in [6, 6.07) is 35.6. The van der Waals surface area contributed by atoms with Gasteiger partial charge in [-0.05, 0) is 48.2 Å². The van der Waals surface area contributed by atoms with E-state index in [2.05, 4.69) is 17.0 Å². The molecule has 4 aromatic rings. The van der Waals surface area contributed by atoms with Crippen molar-refractivity contribution in [1.29, 1.82) is 0 Å². The Kier molecular flexibility index (Phi) is 8.27. The number of nitrogens with zero attached hydrogens (tertiary/aromatic N) is 2. The van der Waals surface area contributed by atoms with Gasteiger partial charge in [0.2, 0.25) is 5.91 Å². The number of rotatable bonds is 10. The molecule has 2 fully saturated rings. The highest BCUT2D eigenvalue weighted by atomic mass is 16.5. The van der Waals surface area contributed by atoms with Crippen LogP contribution in [0.15, 0.2) is 115 Å². The normalized spacial score (nSPS) is 20.3. The van der Waals surface area contributed by atoms with Crippen molar-refractivity contribution >= 4 is 11.9 Å². The summed E-state index contributed by atoms with van der Waals surface area (Å²) in [7, 11) is 0. The molecule has 0 aliphatic carbocycles. The molecule has 0 aromatic heterocycles. The molecular weight excluding hydrogens is 540 g/mol. The van der Waals surface area contributed by atoms with E-state index in [1.807, 2.05) is 117 Å². The molecule has 2 saturated heterocycles. The summed E-state index contributed by atoms with van der Waals surface area (Å²) in [6.45, 7) is 5.42. The Bertz CT molecular complexity index is 1530. The first-order valence-electron chi connectivity index (χ1n) is 14.7. The van der Waals surface area contributed by atoms with Gasteiger partial charge in [0.05, 0.1) is 12.6 Å². The minimum absolute atomic E-state index is 0.0585. The fourth-order valence-electron chi connectivity index (χ4n) is 5.95. The maximum Gasteiger partial charge on any atom is 0.333 e. The van der Waals surface area contributed by atoms with E-state index in [4.69, 9.17) is 14.2 Å². The highest BCUT2D eigenvalue weighted by Gasteiger charge is 2.55. The largest absolute Gasteiger partial charge is 0.489 e. The highest BCUT2D eigenvalue weighted by molar-refractivity contribution is 5.93. The van der Waals surface area contributed by atoms with Crippen LogP contribution >= 0.6 is 0 Å². The molecule has 7 heteroatoms. The van der Waals surface area contributed by atoms with E-state index in [-0.39, 0.29) is 18.6 Å². The second-order valence-corrected chi connectivity index (χ2v) is 11.4. The number of benzene rings is 4. The molecule has 1 amide bonds. The lowest BCUT2D eigenvalue weighted by molar-refractivity contribution is -0.176. The number of carbonyl (C=O) groups is 2. The number of esters is 1. The monoisotopic (exact) mass is 576 g/mol. The number of carbonyl (C=O) groups excluding carboxylic acids is 2. The van der Waals surface area contributed by atoms with Gasteiger partial charge in [0.1, 0.15) is 30.7 Å². The van der Waals surface area contributed by atoms with Crippen LogP contribution in [0.3, 0.4) is 0 Å². The van der Waals surface area contributed by atoms with E-state index in [1.54, 1.807) is 4.90 Å². The molecule has 2 aliphatic heterocycles. The van der Waals surface area contributed by atoms with E-state index in [1.165, 1.54) is 0 Å². The van der Waals surface area contributed by atoms with Crippen molar-refractivity contribution in [3.05, 3.63) is 138 Å². The van der Waals surface area contributed by atoms with Crippen LogP contribution in [-0.4, -0.2) is 46.6 Å². The van der Waals surface area contributed by atoms with Crippen molar-refractivity contribution in [2.24, 2.45) is 0 Å². The summed E-state index contributed by atoms with van der Waals surface area (Å²) >= 11 is 0. The molecule has 0 saturated carbocycles. The van der Waals surface area contributed by atoms with Crippen molar-refractivity contribution in [2.75, 3.05) is 13.2 Å². The third-order valence-electron chi connectivity index (χ3n) is 8.21. The minimum atomic E-state index is -0.877. The second-order valence-electron chi connectivity index (χ2n) is 11.4. The van der Waals surface area contributed by atoms with E-state index in [0.29, 0.717) is 31.1 Å². The zero-order valence-corrected chi connectivity index (χ0v) is 24.5. The number of β-lactam (4-membered cyclic amide) rings is 1. The van der Waals surface area contributed by atoms with Gasteiger partial charge in [-0.1, -0.05) is 103 Å². The van der Waals surface area contributed by atoms with Gasteiger partial charge < -0.3 is 19.1 Å². The Labute approximate surface area is 252 Å². The first kappa shape index (κ1) is 28.6. The van der Waals surface area contributed by atoms with Crippen molar-refractivity contribution < 1.29 is 23.8 Å². The molecule has 2 aliphatic rings. The SMILES string of the molecule is CC1(C)OC[C@H](c2ccccc2)N1C1CN([C@@H](C(=O)OCc2ccccc2)c2ccc(OCc3ccccc3)cc2)C1=O. The number of hydrogen-bond donors (Lipinski definition) is 0. The molecule has 7 nitrogen and oxygen atoms in total. The van der Waals surface area contributed by atoms with Crippen LogP contribution in [0.25, 0.3) is 0 Å². The zero-order valence-electron chi connectivity index (χ0n) is 24.5. The van der Waals surface area contributed by atoms with Crippen LogP contribution in [0, 0.1) is 0 Å². The van der Waals surface area contributed by atoms with Gasteiger partial charge in [-0.15, -0.1) is 0 Å². The Hall–Kier alpha value is -4.46. The molecular formula is C36H36N2O5. The molecule has 2 heterocycles. The third-order valence-corrected chi connectivity index (χ3v) is 8.21. The van der Waals surface area contributed by atoms with Gasteiger partial charge in [0.25, 0.3) is 0 Å². The smallest absolute Gasteiger partial charge is 0.333 e. The van der Waals surface area contributed by atoms with E-state index in [9.17, 15) is 9.59 Å². The van der Waals surface area contributed by atoms with Gasteiger partial charge in [-0.3, -0.25) is 9.69 Å². The maximum atomic E-state index is 13.9. The molecule has 3 atom stereocenters. The summed E-state index contributed by atoms with van der Waals surface area (Å²) < 4.78 is 17.9. The second kappa shape index (κ2) is 12.4. The number of amides is 1. The molecule has 43 heavy (non-hydrogen) atoms. The molecule has 220 valence electrons. The fourth-order valence-corrected chi connectivity index (χ4v) is 5.95. The number of hydrogen-bond acceptors (Lipinski definition) is 6. The predicted molar refractivity (Wildman–Crippen MR) is 163 cm³/mol. The van der Waals surface area contributed by atoms with Gasteiger partial charge in [0.15, 0.2) is 6.04 Å². The van der Waals surface area contributed by atoms with E-state index in [0.717, 1.165) is 16.7 Å². The van der Waals surface area contributed by atoms with Crippen molar-refractivity contribution in [2.45, 2.75) is 50.9 Å². The summed E-state index contributed by atoms with van der Waals surface area (Å²) in [4.78, 5) is 31.3. The fraction of sp³-hybridized carbons (Fsp3) is 0.278. The Morgan fingerprint density at radius 1 is 0.814 bits per heavy atom. The topological polar surface area (TPSA) is 68.3 Å². The van der Waals surface area contributed by atoms with Gasteiger partial charge in [-0.2, -0.15) is 0 Å². The zero-order chi connectivity index (χ0) is 29.8. The standard InChI is InChI=1S/C36H36N2O5/c1-36(2)38(32(25-43-36)28-16-10-5-11-17-28)31-22-37(34(31)39)33(35(40)42-24-27-14-8-4-9-15-27)29-18-20-30(21-19-29)41-23-26-12-6-3-7-13-26/h3-21,31-33H,22-25H2,1-2H3/t31?,32-,33-/m1/s1. The van der Waals surface area contributed by atoms with Crippen LogP contribution in [0.4, 0.5) is 0 Å². The van der Waals surface area contributed by atoms with Gasteiger partial charge >= 0.3 is 5.97 Å². The van der Waals surface area contributed by atoms with Crippen molar-refractivity contribution in [3.63, 3.8) is 0 Å². The van der Waals surface area contributed by atoms with E-state index < -0.39 is 23.8 Å². The van der Waals surface area contributed by atoms with Crippen LogP contribution in [-0.2, 0) is 32.3 Å². The van der Waals surface area contributed by atoms with Crippen molar-refractivity contribution in [3.8, 4) is 5.75 Å². The lowest BCUT2D eigenvalue weighted by atomic mass is 9.93. The molecule has 0 spiro atoms. The molecule has 0 N–H and O–H groups in total. The van der Waals surface area contributed by atoms with Crippen LogP contribution in [0.1, 0.15) is 48.2 Å². The average Bonchev–Trinajstić information content (AvgIpc) is 3.36. The minimum Gasteiger partial charge on any atom is -0.489 e. The Morgan fingerprint density at radius 3 is 2.00 bits per heavy atom. The Balaban J connectivity index is 1.21. The first-order chi connectivity index (χ1) is 20.9.